The summed E-state index contributed by atoms with van der Waals surface area (Å²) in [6.45, 7) is 2.23. The molecule has 2 heterocycles. The van der Waals surface area contributed by atoms with E-state index in [1.165, 1.54) is 24.5 Å². The van der Waals surface area contributed by atoms with Gasteiger partial charge in [-0.3, -0.25) is 4.55 Å². The maximum absolute atomic E-state index is 11.5. The van der Waals surface area contributed by atoms with E-state index in [1.807, 2.05) is 16.8 Å². The minimum atomic E-state index is -4.38. The van der Waals surface area contributed by atoms with E-state index in [0.717, 1.165) is 27.6 Å². The maximum Gasteiger partial charge on any atom is 0.335 e. The lowest BCUT2D eigenvalue weighted by Gasteiger charge is -2.23. The molecule has 3 aromatic rings. The van der Waals surface area contributed by atoms with E-state index in [0.29, 0.717) is 18.8 Å². The van der Waals surface area contributed by atoms with Crippen LogP contribution >= 0.6 is 0 Å². The van der Waals surface area contributed by atoms with Gasteiger partial charge in [0.1, 0.15) is 17.8 Å². The first-order valence-corrected chi connectivity index (χ1v) is 12.2. The number of hydrogen-bond acceptors (Lipinski definition) is 6. The molecule has 2 aromatic heterocycles. The molecular weight excluding hydrogens is 430 g/mol. The van der Waals surface area contributed by atoms with E-state index < -0.39 is 22.4 Å². The summed E-state index contributed by atoms with van der Waals surface area (Å²) in [5, 5.41) is 14.9. The molecule has 1 aromatic carbocycles. The van der Waals surface area contributed by atoms with Gasteiger partial charge in [-0.2, -0.15) is 12.7 Å². The number of fused-ring (bicyclic) bond motifs is 2. The van der Waals surface area contributed by atoms with E-state index >= 15 is 0 Å². The summed E-state index contributed by atoms with van der Waals surface area (Å²) in [7, 11) is -3.09. The predicted octanol–water partition coefficient (Wildman–Crippen LogP) is 2.58. The number of rotatable bonds is 5. The first-order valence-electron chi connectivity index (χ1n) is 10.8. The summed E-state index contributed by atoms with van der Waals surface area (Å²) in [5.74, 6) is 1.19. The predicted molar refractivity (Wildman–Crippen MR) is 121 cm³/mol. The molecule has 5 rings (SSSR count). The van der Waals surface area contributed by atoms with Crippen LogP contribution in [0.25, 0.3) is 11.0 Å². The molecule has 0 amide bonds. The molecule has 0 unspecified atom stereocenters. The summed E-state index contributed by atoms with van der Waals surface area (Å²) in [4.78, 5) is 8.98. The van der Waals surface area contributed by atoms with Gasteiger partial charge < -0.3 is 15.0 Å². The monoisotopic (exact) mass is 457 g/mol. The first kappa shape index (κ1) is 21.3. The molecule has 1 fully saturated rings. The summed E-state index contributed by atoms with van der Waals surface area (Å²) >= 11 is 0. The second-order valence-electron chi connectivity index (χ2n) is 8.94. The number of likely N-dealkylation sites (N-methyl/N-ethyl adjacent to an activating group) is 1. The minimum absolute atomic E-state index is 0.148. The van der Waals surface area contributed by atoms with Gasteiger partial charge in [0.2, 0.25) is 0 Å². The Morgan fingerprint density at radius 1 is 1.19 bits per heavy atom. The van der Waals surface area contributed by atoms with E-state index in [9.17, 15) is 18.1 Å². The van der Waals surface area contributed by atoms with E-state index in [-0.39, 0.29) is 12.1 Å². The van der Waals surface area contributed by atoms with Crippen molar-refractivity contribution in [1.29, 1.82) is 0 Å². The van der Waals surface area contributed by atoms with Crippen LogP contribution in [0.2, 0.25) is 0 Å². The Labute approximate surface area is 187 Å². The van der Waals surface area contributed by atoms with Crippen LogP contribution in [0.15, 0.2) is 42.9 Å². The molecule has 170 valence electrons. The lowest BCUT2D eigenvalue weighted by molar-refractivity contribution is 0.117. The normalized spacial score (nSPS) is 27.8. The lowest BCUT2D eigenvalue weighted by atomic mass is 10.0. The van der Waals surface area contributed by atoms with E-state index in [1.54, 1.807) is 0 Å². The fourth-order valence-electron chi connectivity index (χ4n) is 5.30. The summed E-state index contributed by atoms with van der Waals surface area (Å²) in [5.41, 5.74) is 3.38. The fraction of sp³-hybridized carbons (Fsp3) is 0.455. The van der Waals surface area contributed by atoms with Crippen LogP contribution in [0.3, 0.4) is 0 Å². The van der Waals surface area contributed by atoms with Crippen molar-refractivity contribution in [1.82, 2.24) is 18.8 Å². The number of aliphatic hydroxyl groups excluding tert-OH is 1. The Hall–Kier alpha value is -2.53. The topological polar surface area (TPSA) is 121 Å². The van der Waals surface area contributed by atoms with E-state index in [2.05, 4.69) is 46.5 Å². The Morgan fingerprint density at radius 2 is 1.97 bits per heavy atom. The average molecular weight is 458 g/mol. The van der Waals surface area contributed by atoms with Crippen LogP contribution in [-0.2, 0) is 16.7 Å². The van der Waals surface area contributed by atoms with Crippen molar-refractivity contribution in [2.45, 2.75) is 50.4 Å². The van der Waals surface area contributed by atoms with Crippen LogP contribution in [0, 0.1) is 5.92 Å². The van der Waals surface area contributed by atoms with Gasteiger partial charge in [0.25, 0.3) is 0 Å². The Balaban J connectivity index is 1.43. The zero-order valence-corrected chi connectivity index (χ0v) is 18.8. The van der Waals surface area contributed by atoms with Crippen molar-refractivity contribution >= 4 is 27.2 Å². The fourth-order valence-corrected chi connectivity index (χ4v) is 5.87. The zero-order chi connectivity index (χ0) is 22.6. The van der Waals surface area contributed by atoms with Gasteiger partial charge in [-0.15, -0.1) is 0 Å². The standard InChI is InChI=1S/C22H27N5O4S/c1-13-9-14-5-3-4-6-16(14)20(13)25-21-17-7-8-27(22(17)24-12-23-21)15-10-18(19(28)11-15)26(2)32(29,30)31/h3-8,12-13,15,18-20,28H,9-11H2,1-2H3,(H,23,24,25)(H,29,30,31)/t13-,15+,18-,19-,20-/m0/s1. The molecule has 3 N–H and O–H groups in total. The SMILES string of the molecule is C[C@H]1Cc2ccccc2[C@H]1Nc1ncnc2c1ccn2[C@H]1C[C@H](O)[C@@H](N(C)S(=O)(=O)O)C1. The molecule has 9 nitrogen and oxygen atoms in total. The van der Waals surface area contributed by atoms with Gasteiger partial charge in [0.15, 0.2) is 0 Å². The molecule has 0 saturated heterocycles. The zero-order valence-electron chi connectivity index (χ0n) is 18.0. The quantitative estimate of drug-likeness (QED) is 0.504. The van der Waals surface area contributed by atoms with Gasteiger partial charge in [-0.25, -0.2) is 9.97 Å². The van der Waals surface area contributed by atoms with Crippen LogP contribution in [0.5, 0.6) is 0 Å². The smallest absolute Gasteiger partial charge is 0.335 e. The Morgan fingerprint density at radius 3 is 2.75 bits per heavy atom. The molecule has 0 bridgehead atoms. The number of benzene rings is 1. The molecule has 10 heteroatoms. The second kappa shape index (κ2) is 7.80. The largest absolute Gasteiger partial charge is 0.391 e. The molecule has 1 saturated carbocycles. The Kier molecular flexibility index (Phi) is 5.20. The van der Waals surface area contributed by atoms with Gasteiger partial charge in [-0.05, 0) is 42.4 Å². The molecule has 5 atom stereocenters. The highest BCUT2D eigenvalue weighted by Gasteiger charge is 2.40. The van der Waals surface area contributed by atoms with Gasteiger partial charge in [-0.1, -0.05) is 31.2 Å². The number of aromatic nitrogens is 3. The number of anilines is 1. The molecule has 2 aliphatic rings. The Bertz CT molecular complexity index is 1260. The van der Waals surface area contributed by atoms with Crippen molar-refractivity contribution in [2.75, 3.05) is 12.4 Å². The highest BCUT2D eigenvalue weighted by atomic mass is 32.2. The van der Waals surface area contributed by atoms with Gasteiger partial charge >= 0.3 is 10.3 Å². The molecule has 0 aliphatic heterocycles. The minimum Gasteiger partial charge on any atom is -0.391 e. The molecule has 0 spiro atoms. The number of nitrogens with zero attached hydrogens (tertiary/aromatic N) is 4. The van der Waals surface area contributed by atoms with Crippen LogP contribution in [-0.4, -0.2) is 56.1 Å². The molecule has 2 aliphatic carbocycles. The van der Waals surface area contributed by atoms with Crippen molar-refractivity contribution < 1.29 is 18.1 Å². The van der Waals surface area contributed by atoms with Crippen LogP contribution < -0.4 is 5.32 Å². The van der Waals surface area contributed by atoms with Gasteiger partial charge in [0.05, 0.1) is 23.6 Å². The molecule has 32 heavy (non-hydrogen) atoms. The van der Waals surface area contributed by atoms with Crippen LogP contribution in [0.4, 0.5) is 5.82 Å². The number of nitrogens with one attached hydrogen (secondary N) is 1. The highest BCUT2D eigenvalue weighted by molar-refractivity contribution is 7.83. The van der Waals surface area contributed by atoms with Gasteiger partial charge in [0, 0.05) is 19.3 Å². The molecular formula is C22H27N5O4S. The maximum atomic E-state index is 11.5. The van der Waals surface area contributed by atoms with Crippen molar-refractivity contribution in [3.05, 3.63) is 54.0 Å². The third kappa shape index (κ3) is 3.57. The molecule has 0 radical (unpaired) electrons. The van der Waals surface area contributed by atoms with Crippen molar-refractivity contribution in [3.63, 3.8) is 0 Å². The van der Waals surface area contributed by atoms with E-state index in [4.69, 9.17) is 0 Å². The summed E-state index contributed by atoms with van der Waals surface area (Å²) in [6.07, 6.45) is 4.32. The van der Waals surface area contributed by atoms with Crippen molar-refractivity contribution in [2.24, 2.45) is 5.92 Å². The second-order valence-corrected chi connectivity index (χ2v) is 10.4. The third-order valence-electron chi connectivity index (χ3n) is 7.00. The highest BCUT2D eigenvalue weighted by Crippen LogP contribution is 2.40. The summed E-state index contributed by atoms with van der Waals surface area (Å²) in [6, 6.07) is 9.73. The number of aliphatic hydroxyl groups is 1. The van der Waals surface area contributed by atoms with Crippen molar-refractivity contribution in [3.8, 4) is 0 Å². The third-order valence-corrected chi connectivity index (χ3v) is 8.00. The average Bonchev–Trinajstić information content (AvgIpc) is 3.42. The lowest BCUT2D eigenvalue weighted by Crippen LogP contribution is -2.41. The summed E-state index contributed by atoms with van der Waals surface area (Å²) < 4.78 is 35.2. The first-order chi connectivity index (χ1) is 15.2. The van der Waals surface area contributed by atoms with Crippen LogP contribution in [0.1, 0.15) is 43.0 Å². The number of hydrogen-bond donors (Lipinski definition) is 3.